The molecule has 0 bridgehead atoms. The molecule has 0 atom stereocenters. The minimum absolute atomic E-state index is 0.268. The smallest absolute Gasteiger partial charge is 0.394 e. The van der Waals surface area contributed by atoms with Crippen molar-refractivity contribution in [2.45, 2.75) is 20.3 Å². The van der Waals surface area contributed by atoms with E-state index in [-0.39, 0.29) is 6.54 Å². The van der Waals surface area contributed by atoms with Crippen molar-refractivity contribution in [3.05, 3.63) is 28.8 Å². The van der Waals surface area contributed by atoms with Crippen LogP contribution in [0.25, 0.3) is 0 Å². The number of aliphatic carboxylic acids is 1. The van der Waals surface area contributed by atoms with Gasteiger partial charge in [-0.05, 0) is 43.0 Å². The van der Waals surface area contributed by atoms with Gasteiger partial charge < -0.3 is 15.2 Å². The molecule has 1 aromatic carbocycles. The maximum atomic E-state index is 10.9. The fourth-order valence-corrected chi connectivity index (χ4v) is 1.62. The van der Waals surface area contributed by atoms with Crippen LogP contribution in [0.4, 0.5) is 0 Å². The van der Waals surface area contributed by atoms with Gasteiger partial charge in [-0.15, -0.1) is 0 Å². The van der Waals surface area contributed by atoms with E-state index in [4.69, 9.17) is 9.84 Å². The maximum Gasteiger partial charge on any atom is 0.394 e. The van der Waals surface area contributed by atoms with E-state index < -0.39 is 11.9 Å². The van der Waals surface area contributed by atoms with Crippen molar-refractivity contribution in [1.82, 2.24) is 5.32 Å². The molecule has 0 fully saturated rings. The third-order valence-electron chi connectivity index (χ3n) is 2.77. The second-order valence-electron chi connectivity index (χ2n) is 4.06. The summed E-state index contributed by atoms with van der Waals surface area (Å²) in [5.74, 6) is -1.71. The molecule has 98 valence electrons. The van der Waals surface area contributed by atoms with E-state index in [0.717, 1.165) is 22.4 Å². The molecule has 0 aliphatic carbocycles. The summed E-state index contributed by atoms with van der Waals surface area (Å²) in [6, 6.07) is 3.92. The van der Waals surface area contributed by atoms with Crippen LogP contribution in [0.1, 0.15) is 16.7 Å². The molecule has 1 amide bonds. The van der Waals surface area contributed by atoms with E-state index >= 15 is 0 Å². The Morgan fingerprint density at radius 2 is 1.89 bits per heavy atom. The van der Waals surface area contributed by atoms with Crippen molar-refractivity contribution in [3.63, 3.8) is 0 Å². The first-order valence-corrected chi connectivity index (χ1v) is 5.61. The minimum Gasteiger partial charge on any atom is -0.496 e. The SMILES string of the molecule is COc1cc(C)c(C)cc1CCNC(=O)C(=O)O. The first kappa shape index (κ1) is 14.0. The molecule has 0 unspecified atom stereocenters. The zero-order valence-electron chi connectivity index (χ0n) is 10.7. The van der Waals surface area contributed by atoms with Crippen LogP contribution in [0.15, 0.2) is 12.1 Å². The molecule has 0 spiro atoms. The van der Waals surface area contributed by atoms with Gasteiger partial charge in [-0.2, -0.15) is 0 Å². The lowest BCUT2D eigenvalue weighted by atomic mass is 10.0. The van der Waals surface area contributed by atoms with Crippen molar-refractivity contribution in [3.8, 4) is 5.75 Å². The Kier molecular flexibility index (Phi) is 4.71. The monoisotopic (exact) mass is 251 g/mol. The summed E-state index contributed by atoms with van der Waals surface area (Å²) in [5.41, 5.74) is 3.21. The molecule has 0 saturated carbocycles. The van der Waals surface area contributed by atoms with E-state index in [9.17, 15) is 9.59 Å². The average molecular weight is 251 g/mol. The molecular weight excluding hydrogens is 234 g/mol. The summed E-state index contributed by atoms with van der Waals surface area (Å²) >= 11 is 0. The molecule has 5 heteroatoms. The highest BCUT2D eigenvalue weighted by molar-refractivity contribution is 6.31. The summed E-state index contributed by atoms with van der Waals surface area (Å²) in [5, 5.41) is 10.7. The number of carboxylic acid groups (broad SMARTS) is 1. The third-order valence-corrected chi connectivity index (χ3v) is 2.77. The van der Waals surface area contributed by atoms with Gasteiger partial charge in [-0.1, -0.05) is 6.07 Å². The summed E-state index contributed by atoms with van der Waals surface area (Å²) in [6.45, 7) is 4.26. The maximum absolute atomic E-state index is 10.9. The van der Waals surface area contributed by atoms with Gasteiger partial charge in [-0.3, -0.25) is 4.79 Å². The highest BCUT2D eigenvalue weighted by atomic mass is 16.5. The number of rotatable bonds is 4. The van der Waals surface area contributed by atoms with Gasteiger partial charge in [0.2, 0.25) is 0 Å². The highest BCUT2D eigenvalue weighted by Crippen LogP contribution is 2.23. The van der Waals surface area contributed by atoms with Crippen LogP contribution in [-0.2, 0) is 16.0 Å². The van der Waals surface area contributed by atoms with Gasteiger partial charge in [0.15, 0.2) is 0 Å². The quantitative estimate of drug-likeness (QED) is 0.784. The van der Waals surface area contributed by atoms with Gasteiger partial charge in [0.25, 0.3) is 0 Å². The number of aryl methyl sites for hydroxylation is 2. The largest absolute Gasteiger partial charge is 0.496 e. The van der Waals surface area contributed by atoms with Gasteiger partial charge in [-0.25, -0.2) is 4.79 Å². The molecule has 5 nitrogen and oxygen atoms in total. The third kappa shape index (κ3) is 3.48. The molecule has 0 aliphatic rings. The Morgan fingerprint density at radius 3 is 2.44 bits per heavy atom. The van der Waals surface area contributed by atoms with Crippen LogP contribution >= 0.6 is 0 Å². The molecule has 18 heavy (non-hydrogen) atoms. The van der Waals surface area contributed by atoms with Crippen LogP contribution in [0.2, 0.25) is 0 Å². The second kappa shape index (κ2) is 6.05. The topological polar surface area (TPSA) is 75.6 Å². The number of nitrogens with one attached hydrogen (secondary N) is 1. The fraction of sp³-hybridized carbons (Fsp3) is 0.385. The van der Waals surface area contributed by atoms with Crippen molar-refractivity contribution < 1.29 is 19.4 Å². The number of ether oxygens (including phenoxy) is 1. The Morgan fingerprint density at radius 1 is 1.28 bits per heavy atom. The molecule has 0 saturated heterocycles. The van der Waals surface area contributed by atoms with E-state index in [2.05, 4.69) is 5.32 Å². The minimum atomic E-state index is -1.47. The van der Waals surface area contributed by atoms with Crippen LogP contribution in [-0.4, -0.2) is 30.6 Å². The molecule has 0 aliphatic heterocycles. The van der Waals surface area contributed by atoms with E-state index in [1.165, 1.54) is 0 Å². The summed E-state index contributed by atoms with van der Waals surface area (Å²) < 4.78 is 5.26. The molecule has 1 rings (SSSR count). The molecule has 0 radical (unpaired) electrons. The van der Waals surface area contributed by atoms with E-state index in [1.807, 2.05) is 26.0 Å². The number of carboxylic acids is 1. The van der Waals surface area contributed by atoms with Gasteiger partial charge in [0.1, 0.15) is 5.75 Å². The normalized spacial score (nSPS) is 9.94. The number of hydrogen-bond acceptors (Lipinski definition) is 3. The molecule has 2 N–H and O–H groups in total. The number of amides is 1. The fourth-order valence-electron chi connectivity index (χ4n) is 1.62. The molecular formula is C13H17NO4. The van der Waals surface area contributed by atoms with Crippen molar-refractivity contribution >= 4 is 11.9 Å². The second-order valence-corrected chi connectivity index (χ2v) is 4.06. The van der Waals surface area contributed by atoms with Crippen LogP contribution in [0.3, 0.4) is 0 Å². The Labute approximate surface area is 106 Å². The lowest BCUT2D eigenvalue weighted by Gasteiger charge is -2.11. The Bertz CT molecular complexity index is 468. The predicted molar refractivity (Wildman–Crippen MR) is 66.8 cm³/mol. The zero-order valence-corrected chi connectivity index (χ0v) is 10.7. The lowest BCUT2D eigenvalue weighted by Crippen LogP contribution is -2.32. The van der Waals surface area contributed by atoms with Crippen molar-refractivity contribution in [2.24, 2.45) is 0 Å². The van der Waals surface area contributed by atoms with Crippen molar-refractivity contribution in [2.75, 3.05) is 13.7 Å². The number of carbonyl (C=O) groups is 2. The zero-order chi connectivity index (χ0) is 13.7. The highest BCUT2D eigenvalue weighted by Gasteiger charge is 2.11. The molecule has 1 aromatic rings. The summed E-state index contributed by atoms with van der Waals surface area (Å²) in [7, 11) is 1.59. The Hall–Kier alpha value is -2.04. The van der Waals surface area contributed by atoms with Gasteiger partial charge >= 0.3 is 11.9 Å². The molecule has 0 heterocycles. The first-order valence-electron chi connectivity index (χ1n) is 5.61. The molecule has 0 aromatic heterocycles. The number of methoxy groups -OCH3 is 1. The Balaban J connectivity index is 2.70. The number of hydrogen-bond donors (Lipinski definition) is 2. The first-order chi connectivity index (χ1) is 8.45. The van der Waals surface area contributed by atoms with Crippen LogP contribution in [0, 0.1) is 13.8 Å². The summed E-state index contributed by atoms with van der Waals surface area (Å²) in [4.78, 5) is 21.2. The standard InChI is InChI=1S/C13H17NO4/c1-8-6-10(11(18-3)7-9(8)2)4-5-14-12(15)13(16)17/h6-7H,4-5H2,1-3H3,(H,14,15)(H,16,17). The number of carbonyl (C=O) groups excluding carboxylic acids is 1. The van der Waals surface area contributed by atoms with Crippen molar-refractivity contribution in [1.29, 1.82) is 0 Å². The van der Waals surface area contributed by atoms with Crippen LogP contribution in [0.5, 0.6) is 5.75 Å². The van der Waals surface area contributed by atoms with E-state index in [0.29, 0.717) is 6.42 Å². The number of benzene rings is 1. The summed E-state index contributed by atoms with van der Waals surface area (Å²) in [6.07, 6.45) is 0.531. The predicted octanol–water partition coefficient (Wildman–Crippen LogP) is 1.06. The van der Waals surface area contributed by atoms with Crippen LogP contribution < -0.4 is 10.1 Å². The van der Waals surface area contributed by atoms with E-state index in [1.54, 1.807) is 7.11 Å². The van der Waals surface area contributed by atoms with Gasteiger partial charge in [0, 0.05) is 6.54 Å². The lowest BCUT2D eigenvalue weighted by molar-refractivity contribution is -0.150. The average Bonchev–Trinajstić information content (AvgIpc) is 2.32. The van der Waals surface area contributed by atoms with Gasteiger partial charge in [0.05, 0.1) is 7.11 Å².